The Hall–Kier alpha value is -2.27. The molecule has 2 aromatic carbocycles. The van der Waals surface area contributed by atoms with Crippen LogP contribution < -0.4 is 5.73 Å². The van der Waals surface area contributed by atoms with Crippen LogP contribution in [0, 0.1) is 5.41 Å². The average molecular weight is 328 g/mol. The number of carbonyl (C=O) groups is 1. The predicted molar refractivity (Wildman–Crippen MR) is 95.9 cm³/mol. The summed E-state index contributed by atoms with van der Waals surface area (Å²) in [5.41, 5.74) is 9.63. The van der Waals surface area contributed by atoms with Gasteiger partial charge in [-0.1, -0.05) is 48.5 Å². The number of hydrogen-bond donors (Lipinski definition) is 3. The molecule has 0 radical (unpaired) electrons. The smallest absolute Gasteiger partial charge is 0.303 e. The van der Waals surface area contributed by atoms with Crippen molar-refractivity contribution in [3.8, 4) is 11.1 Å². The van der Waals surface area contributed by atoms with E-state index in [1.54, 1.807) is 11.8 Å². The number of carboxylic acid groups (broad SMARTS) is 1. The van der Waals surface area contributed by atoms with Gasteiger partial charge >= 0.3 is 5.97 Å². The van der Waals surface area contributed by atoms with E-state index in [9.17, 15) is 4.79 Å². The minimum absolute atomic E-state index is 0.0758. The minimum atomic E-state index is -0.731. The highest BCUT2D eigenvalue weighted by atomic mass is 32.2. The molecular weight excluding hydrogens is 308 g/mol. The van der Waals surface area contributed by atoms with Crippen molar-refractivity contribution < 1.29 is 9.90 Å². The number of hydrogen-bond acceptors (Lipinski definition) is 3. The molecule has 4 nitrogen and oxygen atoms in total. The highest BCUT2D eigenvalue weighted by molar-refractivity contribution is 7.98. The molecule has 0 saturated heterocycles. The molecule has 2 rings (SSSR count). The van der Waals surface area contributed by atoms with Gasteiger partial charge < -0.3 is 10.8 Å². The lowest BCUT2D eigenvalue weighted by molar-refractivity contribution is -0.137. The Bertz CT molecular complexity index is 666. The van der Waals surface area contributed by atoms with Crippen molar-refractivity contribution in [2.75, 3.05) is 5.75 Å². The van der Waals surface area contributed by atoms with Gasteiger partial charge in [-0.25, -0.2) is 0 Å². The third kappa shape index (κ3) is 5.45. The Morgan fingerprint density at radius 1 is 1.04 bits per heavy atom. The fourth-order valence-corrected chi connectivity index (χ4v) is 3.07. The van der Waals surface area contributed by atoms with Crippen molar-refractivity contribution in [1.29, 1.82) is 5.41 Å². The molecule has 0 aromatic heterocycles. The van der Waals surface area contributed by atoms with Gasteiger partial charge in [0.1, 0.15) is 5.84 Å². The molecule has 0 heterocycles. The molecule has 0 aliphatic carbocycles. The van der Waals surface area contributed by atoms with Crippen molar-refractivity contribution in [3.63, 3.8) is 0 Å². The Balaban J connectivity index is 1.89. The lowest BCUT2D eigenvalue weighted by Gasteiger charge is -2.06. The summed E-state index contributed by atoms with van der Waals surface area (Å²) in [5.74, 6) is 1.10. The molecule has 0 spiro atoms. The van der Waals surface area contributed by atoms with Crippen molar-refractivity contribution in [2.24, 2.45) is 5.73 Å². The first-order valence-corrected chi connectivity index (χ1v) is 8.55. The second-order valence-electron chi connectivity index (χ2n) is 5.24. The maximum absolute atomic E-state index is 10.4. The summed E-state index contributed by atoms with van der Waals surface area (Å²) in [7, 11) is 0. The van der Waals surface area contributed by atoms with E-state index in [0.29, 0.717) is 6.42 Å². The van der Waals surface area contributed by atoms with Crippen LogP contribution >= 0.6 is 11.8 Å². The lowest BCUT2D eigenvalue weighted by atomic mass is 10.0. The van der Waals surface area contributed by atoms with Crippen molar-refractivity contribution in [2.45, 2.75) is 18.6 Å². The van der Waals surface area contributed by atoms with Gasteiger partial charge in [0.15, 0.2) is 0 Å². The van der Waals surface area contributed by atoms with Gasteiger partial charge in [-0.2, -0.15) is 11.8 Å². The van der Waals surface area contributed by atoms with E-state index in [1.165, 1.54) is 5.56 Å². The number of carboxylic acids is 1. The third-order valence-corrected chi connectivity index (χ3v) is 4.55. The third-order valence-electron chi connectivity index (χ3n) is 3.43. The van der Waals surface area contributed by atoms with Gasteiger partial charge in [0.2, 0.25) is 0 Å². The number of aliphatic carboxylic acids is 1. The molecule has 2 aromatic rings. The SMILES string of the molecule is N=C(N)c1ccc(-c2ccc(CSCCCC(=O)O)cc2)cc1. The maximum atomic E-state index is 10.4. The average Bonchev–Trinajstić information content (AvgIpc) is 2.55. The zero-order valence-corrected chi connectivity index (χ0v) is 13.6. The van der Waals surface area contributed by atoms with Crippen LogP contribution in [0.5, 0.6) is 0 Å². The molecular formula is C18H20N2O2S. The van der Waals surface area contributed by atoms with Crippen molar-refractivity contribution in [1.82, 2.24) is 0 Å². The quantitative estimate of drug-likeness (QED) is 0.391. The summed E-state index contributed by atoms with van der Waals surface area (Å²) in [5, 5.41) is 16.0. The second kappa shape index (κ2) is 8.39. The van der Waals surface area contributed by atoms with Crippen LogP contribution in [0.1, 0.15) is 24.0 Å². The molecule has 0 fully saturated rings. The van der Waals surface area contributed by atoms with Gasteiger partial charge in [-0.15, -0.1) is 0 Å². The highest BCUT2D eigenvalue weighted by Crippen LogP contribution is 2.22. The fraction of sp³-hybridized carbons (Fsp3) is 0.222. The highest BCUT2D eigenvalue weighted by Gasteiger charge is 2.01. The number of benzene rings is 2. The van der Waals surface area contributed by atoms with Crippen LogP contribution in [0.4, 0.5) is 0 Å². The maximum Gasteiger partial charge on any atom is 0.303 e. The van der Waals surface area contributed by atoms with Crippen LogP contribution in [0.3, 0.4) is 0 Å². The Kier molecular flexibility index (Phi) is 6.23. The van der Waals surface area contributed by atoms with Gasteiger partial charge in [0, 0.05) is 17.7 Å². The summed E-state index contributed by atoms with van der Waals surface area (Å²) in [4.78, 5) is 10.4. The largest absolute Gasteiger partial charge is 0.481 e. The van der Waals surface area contributed by atoms with Crippen molar-refractivity contribution in [3.05, 3.63) is 59.7 Å². The molecule has 5 heteroatoms. The zero-order chi connectivity index (χ0) is 16.7. The van der Waals surface area contributed by atoms with Gasteiger partial charge in [-0.3, -0.25) is 10.2 Å². The normalized spacial score (nSPS) is 10.4. The first-order valence-electron chi connectivity index (χ1n) is 7.39. The van der Waals surface area contributed by atoms with Crippen molar-refractivity contribution >= 4 is 23.6 Å². The standard InChI is InChI=1S/C18H20N2O2S/c19-18(20)16-9-7-15(8-10-16)14-5-3-13(4-6-14)12-23-11-1-2-17(21)22/h3-10H,1-2,11-12H2,(H3,19,20)(H,21,22). The van der Waals surface area contributed by atoms with Crippen LogP contribution in [0.15, 0.2) is 48.5 Å². The van der Waals surface area contributed by atoms with Gasteiger partial charge in [0.25, 0.3) is 0 Å². The van der Waals surface area contributed by atoms with Gasteiger partial charge in [0.05, 0.1) is 0 Å². The van der Waals surface area contributed by atoms with Crippen LogP contribution in [-0.4, -0.2) is 22.7 Å². The van der Waals surface area contributed by atoms with E-state index >= 15 is 0 Å². The van der Waals surface area contributed by atoms with Crippen LogP contribution in [0.2, 0.25) is 0 Å². The number of nitrogens with one attached hydrogen (secondary N) is 1. The Morgan fingerprint density at radius 3 is 2.13 bits per heavy atom. The second-order valence-corrected chi connectivity index (χ2v) is 6.34. The molecule has 120 valence electrons. The number of amidine groups is 1. The molecule has 0 saturated carbocycles. The topological polar surface area (TPSA) is 87.2 Å². The molecule has 0 unspecified atom stereocenters. The summed E-state index contributed by atoms with van der Waals surface area (Å²) < 4.78 is 0. The molecule has 0 aliphatic heterocycles. The van der Waals surface area contributed by atoms with E-state index in [2.05, 4.69) is 24.3 Å². The van der Waals surface area contributed by atoms with E-state index in [4.69, 9.17) is 16.2 Å². The lowest BCUT2D eigenvalue weighted by Crippen LogP contribution is -2.10. The number of thioether (sulfide) groups is 1. The summed E-state index contributed by atoms with van der Waals surface area (Å²) in [6.07, 6.45) is 0.947. The van der Waals surface area contributed by atoms with Gasteiger partial charge in [-0.05, 0) is 28.9 Å². The summed E-state index contributed by atoms with van der Waals surface area (Å²) in [6, 6.07) is 16.0. The molecule has 4 N–H and O–H groups in total. The van der Waals surface area contributed by atoms with E-state index in [0.717, 1.165) is 28.2 Å². The first-order chi connectivity index (χ1) is 11.1. The van der Waals surface area contributed by atoms with Crippen LogP contribution in [-0.2, 0) is 10.5 Å². The molecule has 23 heavy (non-hydrogen) atoms. The van der Waals surface area contributed by atoms with E-state index in [-0.39, 0.29) is 12.3 Å². The van der Waals surface area contributed by atoms with Crippen LogP contribution in [0.25, 0.3) is 11.1 Å². The van der Waals surface area contributed by atoms with E-state index < -0.39 is 5.97 Å². The Labute approximate surface area is 140 Å². The molecule has 0 aliphatic rings. The number of nitrogen functional groups attached to an aromatic ring is 1. The zero-order valence-electron chi connectivity index (χ0n) is 12.8. The first kappa shape index (κ1) is 17.1. The van der Waals surface area contributed by atoms with E-state index in [1.807, 2.05) is 24.3 Å². The minimum Gasteiger partial charge on any atom is -0.481 e. The molecule has 0 amide bonds. The Morgan fingerprint density at radius 2 is 1.61 bits per heavy atom. The number of rotatable bonds is 8. The molecule has 0 atom stereocenters. The fourth-order valence-electron chi connectivity index (χ4n) is 2.15. The molecule has 0 bridgehead atoms. The summed E-state index contributed by atoms with van der Waals surface area (Å²) >= 11 is 1.75. The monoisotopic (exact) mass is 328 g/mol. The summed E-state index contributed by atoms with van der Waals surface area (Å²) in [6.45, 7) is 0. The number of nitrogens with two attached hydrogens (primary N) is 1. The predicted octanol–water partition coefficient (Wildman–Crippen LogP) is 3.74.